The largest absolute Gasteiger partial charge is 0.366 e. The minimum atomic E-state index is -0.311. The second-order valence-corrected chi connectivity index (χ2v) is 7.12. The first-order valence-corrected chi connectivity index (χ1v) is 8.83. The van der Waals surface area contributed by atoms with Crippen molar-refractivity contribution in [1.82, 2.24) is 15.0 Å². The molecule has 2 heterocycles. The number of fused-ring (bicyclic) bond motifs is 2. The van der Waals surface area contributed by atoms with Crippen LogP contribution in [0.25, 0.3) is 10.9 Å². The minimum absolute atomic E-state index is 0.111. The highest BCUT2D eigenvalue weighted by Gasteiger charge is 2.23. The predicted molar refractivity (Wildman–Crippen MR) is 95.3 cm³/mol. The maximum atomic E-state index is 13.4. The number of carbonyl (C=O) groups is 1. The molecule has 4 rings (SSSR count). The molecule has 0 bridgehead atoms. The number of nitrogens with zero attached hydrogens (tertiary/aromatic N) is 3. The van der Waals surface area contributed by atoms with Gasteiger partial charge < -0.3 is 10.6 Å². The second-order valence-electron chi connectivity index (χ2n) is 6.04. The zero-order valence-corrected chi connectivity index (χ0v) is 14.4. The highest BCUT2D eigenvalue weighted by Crippen LogP contribution is 2.31. The van der Waals surface area contributed by atoms with E-state index in [1.807, 2.05) is 0 Å². The molecule has 2 aromatic heterocycles. The van der Waals surface area contributed by atoms with E-state index < -0.39 is 0 Å². The number of rotatable bonds is 3. The molecule has 0 saturated heterocycles. The Balaban J connectivity index is 1.55. The molecule has 6 nitrogen and oxygen atoms in total. The molecular weight excluding hydrogens is 341 g/mol. The Morgan fingerprint density at radius 1 is 1.36 bits per heavy atom. The SMILES string of the molecule is CC(=O)Nc1nc2c(s1)CC(Nc1ncnc3cc(F)ccc13)CC2. The Morgan fingerprint density at radius 3 is 3.08 bits per heavy atom. The molecule has 8 heteroatoms. The molecule has 25 heavy (non-hydrogen) atoms. The molecule has 0 radical (unpaired) electrons. The minimum Gasteiger partial charge on any atom is -0.366 e. The Hall–Kier alpha value is -2.61. The quantitative estimate of drug-likeness (QED) is 0.753. The number of halogens is 1. The van der Waals surface area contributed by atoms with E-state index in [4.69, 9.17) is 0 Å². The van der Waals surface area contributed by atoms with Gasteiger partial charge in [-0.3, -0.25) is 4.79 Å². The van der Waals surface area contributed by atoms with Crippen LogP contribution in [-0.4, -0.2) is 26.9 Å². The van der Waals surface area contributed by atoms with Crippen LogP contribution in [0.3, 0.4) is 0 Å². The van der Waals surface area contributed by atoms with Gasteiger partial charge in [-0.05, 0) is 25.0 Å². The Bertz CT molecular complexity index is 957. The maximum absolute atomic E-state index is 13.4. The first-order valence-electron chi connectivity index (χ1n) is 8.01. The molecule has 3 aromatic rings. The summed E-state index contributed by atoms with van der Waals surface area (Å²) >= 11 is 1.52. The van der Waals surface area contributed by atoms with Crippen LogP contribution in [0.5, 0.6) is 0 Å². The summed E-state index contributed by atoms with van der Waals surface area (Å²) in [6.07, 6.45) is 4.03. The van der Waals surface area contributed by atoms with Crippen LogP contribution >= 0.6 is 11.3 Å². The Morgan fingerprint density at radius 2 is 2.24 bits per heavy atom. The fourth-order valence-electron chi connectivity index (χ4n) is 3.04. The fraction of sp³-hybridized carbons (Fsp3) is 0.294. The lowest BCUT2D eigenvalue weighted by atomic mass is 9.97. The molecule has 1 unspecified atom stereocenters. The Kier molecular flexibility index (Phi) is 4.04. The molecular formula is C17H16FN5OS. The zero-order chi connectivity index (χ0) is 17.4. The van der Waals surface area contributed by atoms with Crippen molar-refractivity contribution in [3.8, 4) is 0 Å². The van der Waals surface area contributed by atoms with Gasteiger partial charge in [-0.15, -0.1) is 11.3 Å². The molecule has 2 N–H and O–H groups in total. The molecule has 0 saturated carbocycles. The van der Waals surface area contributed by atoms with Crippen molar-refractivity contribution >= 4 is 39.1 Å². The maximum Gasteiger partial charge on any atom is 0.223 e. The molecule has 0 fully saturated rings. The van der Waals surface area contributed by atoms with Crippen molar-refractivity contribution in [2.24, 2.45) is 0 Å². The van der Waals surface area contributed by atoms with Gasteiger partial charge in [-0.2, -0.15) is 0 Å². The van der Waals surface area contributed by atoms with E-state index in [0.29, 0.717) is 16.5 Å². The number of benzene rings is 1. The molecule has 1 aromatic carbocycles. The van der Waals surface area contributed by atoms with Gasteiger partial charge in [0.05, 0.1) is 11.2 Å². The topological polar surface area (TPSA) is 79.8 Å². The summed E-state index contributed by atoms with van der Waals surface area (Å²) in [6.45, 7) is 1.48. The summed E-state index contributed by atoms with van der Waals surface area (Å²) in [6, 6.07) is 4.73. The van der Waals surface area contributed by atoms with Crippen LogP contribution in [0, 0.1) is 5.82 Å². The zero-order valence-electron chi connectivity index (χ0n) is 13.5. The summed E-state index contributed by atoms with van der Waals surface area (Å²) in [7, 11) is 0. The number of carbonyl (C=O) groups excluding carboxylic acids is 1. The van der Waals surface area contributed by atoms with Gasteiger partial charge in [0.1, 0.15) is 18.0 Å². The number of thiazole rings is 1. The first-order chi connectivity index (χ1) is 12.1. The van der Waals surface area contributed by atoms with Crippen molar-refractivity contribution in [2.75, 3.05) is 10.6 Å². The molecule has 128 valence electrons. The summed E-state index contributed by atoms with van der Waals surface area (Å²) in [5, 5.41) is 7.66. The predicted octanol–water partition coefficient (Wildman–Crippen LogP) is 3.15. The second kappa shape index (κ2) is 6.36. The summed E-state index contributed by atoms with van der Waals surface area (Å²) in [5.41, 5.74) is 1.64. The average molecular weight is 357 g/mol. The third-order valence-corrected chi connectivity index (χ3v) is 5.20. The summed E-state index contributed by atoms with van der Waals surface area (Å²) in [4.78, 5) is 25.3. The van der Waals surface area contributed by atoms with Gasteiger partial charge in [0, 0.05) is 35.7 Å². The van der Waals surface area contributed by atoms with Gasteiger partial charge >= 0.3 is 0 Å². The number of hydrogen-bond acceptors (Lipinski definition) is 6. The van der Waals surface area contributed by atoms with E-state index in [2.05, 4.69) is 25.6 Å². The van der Waals surface area contributed by atoms with Crippen LogP contribution in [0.4, 0.5) is 15.3 Å². The number of anilines is 2. The standard InChI is InChI=1S/C17H16FN5OS/c1-9(24)21-17-23-13-5-3-11(7-15(13)25-17)22-16-12-4-2-10(18)6-14(12)19-8-20-16/h2,4,6,8,11H,3,5,7H2,1H3,(H,19,20,22)(H,21,23,24). The highest BCUT2D eigenvalue weighted by molar-refractivity contribution is 7.15. The van der Waals surface area contributed by atoms with Gasteiger partial charge in [-0.1, -0.05) is 0 Å². The van der Waals surface area contributed by atoms with E-state index in [1.165, 1.54) is 41.6 Å². The van der Waals surface area contributed by atoms with Crippen LogP contribution in [0.15, 0.2) is 24.5 Å². The van der Waals surface area contributed by atoms with Crippen molar-refractivity contribution in [3.05, 3.63) is 40.9 Å². The van der Waals surface area contributed by atoms with Crippen LogP contribution in [-0.2, 0) is 17.6 Å². The highest BCUT2D eigenvalue weighted by atomic mass is 32.1. The first kappa shape index (κ1) is 15.9. The molecule has 0 aliphatic heterocycles. The fourth-order valence-corrected chi connectivity index (χ4v) is 4.17. The van der Waals surface area contributed by atoms with Gasteiger partial charge in [0.2, 0.25) is 5.91 Å². The number of aryl methyl sites for hydroxylation is 1. The third kappa shape index (κ3) is 3.30. The van der Waals surface area contributed by atoms with E-state index in [1.54, 1.807) is 6.07 Å². The van der Waals surface area contributed by atoms with Crippen LogP contribution in [0.2, 0.25) is 0 Å². The molecule has 1 atom stereocenters. The summed E-state index contributed by atoms with van der Waals surface area (Å²) < 4.78 is 13.4. The monoisotopic (exact) mass is 357 g/mol. The number of aromatic nitrogens is 3. The van der Waals surface area contributed by atoms with Crippen LogP contribution < -0.4 is 10.6 Å². The van der Waals surface area contributed by atoms with Gasteiger partial charge in [-0.25, -0.2) is 19.3 Å². The van der Waals surface area contributed by atoms with E-state index in [9.17, 15) is 9.18 Å². The molecule has 1 aliphatic carbocycles. The molecule has 0 spiro atoms. The van der Waals surface area contributed by atoms with Gasteiger partial charge in [0.15, 0.2) is 5.13 Å². The number of amides is 1. The van der Waals surface area contributed by atoms with Crippen molar-refractivity contribution < 1.29 is 9.18 Å². The lowest BCUT2D eigenvalue weighted by Crippen LogP contribution is -2.27. The number of nitrogens with one attached hydrogen (secondary N) is 2. The van der Waals surface area contributed by atoms with Gasteiger partial charge in [0.25, 0.3) is 0 Å². The van der Waals surface area contributed by atoms with Crippen molar-refractivity contribution in [3.63, 3.8) is 0 Å². The van der Waals surface area contributed by atoms with E-state index in [-0.39, 0.29) is 17.8 Å². The van der Waals surface area contributed by atoms with E-state index in [0.717, 1.165) is 30.3 Å². The number of hydrogen-bond donors (Lipinski definition) is 2. The van der Waals surface area contributed by atoms with Crippen LogP contribution in [0.1, 0.15) is 23.9 Å². The lowest BCUT2D eigenvalue weighted by molar-refractivity contribution is -0.114. The third-order valence-electron chi connectivity index (χ3n) is 4.16. The average Bonchev–Trinajstić information content (AvgIpc) is 2.95. The smallest absolute Gasteiger partial charge is 0.223 e. The lowest BCUT2D eigenvalue weighted by Gasteiger charge is -2.23. The van der Waals surface area contributed by atoms with Crippen molar-refractivity contribution in [1.29, 1.82) is 0 Å². The summed E-state index contributed by atoms with van der Waals surface area (Å²) in [5.74, 6) is 0.292. The normalized spacial score (nSPS) is 16.5. The van der Waals surface area contributed by atoms with E-state index >= 15 is 0 Å². The molecule has 1 amide bonds. The molecule has 1 aliphatic rings. The van der Waals surface area contributed by atoms with Crippen molar-refractivity contribution in [2.45, 2.75) is 32.2 Å². The Labute approximate surface area is 147 Å².